The quantitative estimate of drug-likeness (QED) is 0.736. The van der Waals surface area contributed by atoms with Gasteiger partial charge in [-0.3, -0.25) is 4.99 Å². The number of hydrogen-bond acceptors (Lipinski definition) is 3. The van der Waals surface area contributed by atoms with Crippen LogP contribution in [0.15, 0.2) is 48.9 Å². The van der Waals surface area contributed by atoms with Crippen molar-refractivity contribution in [1.29, 1.82) is 0 Å². The Bertz CT molecular complexity index is 539. The number of benzene rings is 1. The lowest BCUT2D eigenvalue weighted by atomic mass is 10.3. The smallest absolute Gasteiger partial charge is 0.184 e. The number of aliphatic imine (C=N–C) groups is 1. The van der Waals surface area contributed by atoms with E-state index in [0.717, 1.165) is 15.8 Å². The molecule has 0 unspecified atom stereocenters. The van der Waals surface area contributed by atoms with Gasteiger partial charge in [0, 0.05) is 25.8 Å². The van der Waals surface area contributed by atoms with Gasteiger partial charge in [0.05, 0.1) is 16.4 Å². The summed E-state index contributed by atoms with van der Waals surface area (Å²) in [6.07, 6.45) is 1.69. The van der Waals surface area contributed by atoms with E-state index in [4.69, 9.17) is 4.42 Å². The standard InChI is InChI=1S/C13H12Br2N2O/c1-17(2)10-5-3-9(4-6-10)16-8-11-7-12(14)13(15)18-11/h3-8H,1-2H3. The lowest BCUT2D eigenvalue weighted by Crippen LogP contribution is -2.07. The van der Waals surface area contributed by atoms with Crippen molar-refractivity contribution in [2.24, 2.45) is 4.99 Å². The zero-order valence-electron chi connectivity index (χ0n) is 10.0. The van der Waals surface area contributed by atoms with Crippen LogP contribution in [-0.2, 0) is 0 Å². The molecule has 0 saturated heterocycles. The van der Waals surface area contributed by atoms with Gasteiger partial charge in [-0.2, -0.15) is 0 Å². The third kappa shape index (κ3) is 3.23. The molecule has 0 N–H and O–H groups in total. The molecule has 94 valence electrons. The minimum absolute atomic E-state index is 0.673. The number of halogens is 2. The Balaban J connectivity index is 2.13. The molecule has 1 heterocycles. The molecule has 0 atom stereocenters. The van der Waals surface area contributed by atoms with E-state index in [9.17, 15) is 0 Å². The van der Waals surface area contributed by atoms with E-state index in [1.54, 1.807) is 6.21 Å². The summed E-state index contributed by atoms with van der Waals surface area (Å²) in [7, 11) is 4.02. The topological polar surface area (TPSA) is 28.7 Å². The summed E-state index contributed by atoms with van der Waals surface area (Å²) in [5.74, 6) is 0.699. The van der Waals surface area contributed by atoms with Crippen LogP contribution >= 0.6 is 31.9 Å². The summed E-state index contributed by atoms with van der Waals surface area (Å²) >= 11 is 6.65. The highest BCUT2D eigenvalue weighted by molar-refractivity contribution is 9.13. The zero-order valence-corrected chi connectivity index (χ0v) is 13.2. The highest BCUT2D eigenvalue weighted by atomic mass is 79.9. The van der Waals surface area contributed by atoms with Crippen molar-refractivity contribution in [1.82, 2.24) is 0 Å². The second-order valence-corrected chi connectivity index (χ2v) is 5.51. The first-order valence-electron chi connectivity index (χ1n) is 5.32. The molecule has 2 rings (SSSR count). The summed E-state index contributed by atoms with van der Waals surface area (Å²) in [5.41, 5.74) is 2.04. The molecule has 0 aliphatic rings. The van der Waals surface area contributed by atoms with Gasteiger partial charge in [0.15, 0.2) is 4.67 Å². The zero-order chi connectivity index (χ0) is 13.1. The molecule has 0 aliphatic carbocycles. The third-order valence-electron chi connectivity index (χ3n) is 2.37. The lowest BCUT2D eigenvalue weighted by molar-refractivity contribution is 0.533. The molecule has 0 amide bonds. The van der Waals surface area contributed by atoms with Gasteiger partial charge < -0.3 is 9.32 Å². The first-order valence-corrected chi connectivity index (χ1v) is 6.91. The van der Waals surface area contributed by atoms with E-state index < -0.39 is 0 Å². The van der Waals surface area contributed by atoms with Gasteiger partial charge in [0.2, 0.25) is 0 Å². The normalized spacial score (nSPS) is 11.1. The molecule has 0 aliphatic heterocycles. The summed E-state index contributed by atoms with van der Waals surface area (Å²) in [4.78, 5) is 6.40. The number of furan rings is 1. The second kappa shape index (κ2) is 5.71. The number of rotatable bonds is 3. The van der Waals surface area contributed by atoms with Gasteiger partial charge in [0.25, 0.3) is 0 Å². The summed E-state index contributed by atoms with van der Waals surface area (Å²) < 4.78 is 6.96. The number of anilines is 1. The van der Waals surface area contributed by atoms with Crippen molar-refractivity contribution in [2.45, 2.75) is 0 Å². The SMILES string of the molecule is CN(C)c1ccc(N=Cc2cc(Br)c(Br)o2)cc1. The maximum Gasteiger partial charge on any atom is 0.184 e. The largest absolute Gasteiger partial charge is 0.447 e. The summed E-state index contributed by atoms with van der Waals surface area (Å²) in [5, 5.41) is 0. The molecule has 1 aromatic heterocycles. The molecular formula is C13H12Br2N2O. The molecule has 0 bridgehead atoms. The van der Waals surface area contributed by atoms with Crippen molar-refractivity contribution >= 4 is 49.4 Å². The van der Waals surface area contributed by atoms with Crippen LogP contribution in [0.3, 0.4) is 0 Å². The maximum absolute atomic E-state index is 5.41. The molecule has 3 nitrogen and oxygen atoms in total. The Hall–Kier alpha value is -1.07. The van der Waals surface area contributed by atoms with Crippen molar-refractivity contribution in [2.75, 3.05) is 19.0 Å². The predicted octanol–water partition coefficient (Wildman–Crippen LogP) is 4.62. The van der Waals surface area contributed by atoms with Crippen LogP contribution in [0, 0.1) is 0 Å². The van der Waals surface area contributed by atoms with E-state index in [2.05, 4.69) is 36.9 Å². The first-order chi connectivity index (χ1) is 8.56. The van der Waals surface area contributed by atoms with E-state index >= 15 is 0 Å². The van der Waals surface area contributed by atoms with Gasteiger partial charge in [-0.15, -0.1) is 0 Å². The predicted molar refractivity (Wildman–Crippen MR) is 82.1 cm³/mol. The Kier molecular flexibility index (Phi) is 4.24. The van der Waals surface area contributed by atoms with E-state index in [1.807, 2.05) is 49.3 Å². The van der Waals surface area contributed by atoms with Crippen LogP contribution in [0.1, 0.15) is 5.76 Å². The van der Waals surface area contributed by atoms with E-state index in [1.165, 1.54) is 0 Å². The Morgan fingerprint density at radius 3 is 2.33 bits per heavy atom. The first kappa shape index (κ1) is 13.4. The van der Waals surface area contributed by atoms with E-state index in [-0.39, 0.29) is 0 Å². The second-order valence-electron chi connectivity index (χ2n) is 3.94. The van der Waals surface area contributed by atoms with Crippen molar-refractivity contribution in [3.63, 3.8) is 0 Å². The Morgan fingerprint density at radius 1 is 1.17 bits per heavy atom. The van der Waals surface area contributed by atoms with Crippen LogP contribution in [0.25, 0.3) is 0 Å². The van der Waals surface area contributed by atoms with Crippen LogP contribution < -0.4 is 4.90 Å². The monoisotopic (exact) mass is 370 g/mol. The Morgan fingerprint density at radius 2 is 1.83 bits per heavy atom. The minimum Gasteiger partial charge on any atom is -0.447 e. The fourth-order valence-corrected chi connectivity index (χ4v) is 2.01. The van der Waals surface area contributed by atoms with Gasteiger partial charge in [0.1, 0.15) is 5.76 Å². The van der Waals surface area contributed by atoms with Gasteiger partial charge in [-0.05, 0) is 56.1 Å². The van der Waals surface area contributed by atoms with Gasteiger partial charge in [-0.25, -0.2) is 0 Å². The molecule has 2 aromatic rings. The maximum atomic E-state index is 5.41. The third-order valence-corrected chi connectivity index (χ3v) is 4.08. The fraction of sp³-hybridized carbons (Fsp3) is 0.154. The summed E-state index contributed by atoms with van der Waals surface area (Å²) in [6, 6.07) is 9.86. The van der Waals surface area contributed by atoms with Crippen molar-refractivity contribution in [3.05, 3.63) is 45.2 Å². The minimum atomic E-state index is 0.673. The molecule has 1 aromatic carbocycles. The van der Waals surface area contributed by atoms with Crippen molar-refractivity contribution in [3.8, 4) is 0 Å². The average molecular weight is 372 g/mol. The summed E-state index contributed by atoms with van der Waals surface area (Å²) in [6.45, 7) is 0. The molecule has 0 radical (unpaired) electrons. The van der Waals surface area contributed by atoms with Crippen LogP contribution in [0.4, 0.5) is 11.4 Å². The van der Waals surface area contributed by atoms with E-state index in [0.29, 0.717) is 10.4 Å². The van der Waals surface area contributed by atoms with Crippen LogP contribution in [-0.4, -0.2) is 20.3 Å². The van der Waals surface area contributed by atoms with Gasteiger partial charge >= 0.3 is 0 Å². The number of nitrogens with zero attached hydrogens (tertiary/aromatic N) is 2. The number of hydrogen-bond donors (Lipinski definition) is 0. The molecule has 0 saturated carbocycles. The van der Waals surface area contributed by atoms with Gasteiger partial charge in [-0.1, -0.05) is 0 Å². The molecule has 5 heteroatoms. The fourth-order valence-electron chi connectivity index (χ4n) is 1.40. The van der Waals surface area contributed by atoms with Crippen molar-refractivity contribution < 1.29 is 4.42 Å². The highest BCUT2D eigenvalue weighted by Crippen LogP contribution is 2.26. The molecule has 18 heavy (non-hydrogen) atoms. The molecule has 0 spiro atoms. The van der Waals surface area contributed by atoms with Crippen LogP contribution in [0.5, 0.6) is 0 Å². The van der Waals surface area contributed by atoms with Crippen LogP contribution in [0.2, 0.25) is 0 Å². The molecule has 0 fully saturated rings. The lowest BCUT2D eigenvalue weighted by Gasteiger charge is -2.11. The molecular weight excluding hydrogens is 360 g/mol. The average Bonchev–Trinajstić information content (AvgIpc) is 2.67. The Labute approximate surface area is 123 Å². The highest BCUT2D eigenvalue weighted by Gasteiger charge is 2.03.